The Labute approximate surface area is 321 Å². The quantitative estimate of drug-likeness (QED) is 0.0578. The minimum Gasteiger partial charge on any atom is -0.379 e. The Balaban J connectivity index is 1.64. The van der Waals surface area contributed by atoms with Gasteiger partial charge in [-0.2, -0.15) is 8.42 Å². The molecule has 0 heterocycles. The van der Waals surface area contributed by atoms with Crippen molar-refractivity contribution in [2.45, 2.75) is 82.4 Å². The molecule has 312 valence electrons. The topological polar surface area (TPSA) is 136 Å². The molecule has 14 heteroatoms. The Morgan fingerprint density at radius 3 is 0.925 bits per heavy atom. The number of benzene rings is 1. The van der Waals surface area contributed by atoms with Crippen LogP contribution in [0.2, 0.25) is 0 Å². The van der Waals surface area contributed by atoms with Crippen LogP contribution in [0, 0.1) is 0 Å². The van der Waals surface area contributed by atoms with E-state index in [0.29, 0.717) is 119 Å². The normalized spacial score (nSPS) is 11.9. The average molecular weight is 781 g/mol. The summed E-state index contributed by atoms with van der Waals surface area (Å²) in [6.45, 7) is 12.1. The summed E-state index contributed by atoms with van der Waals surface area (Å²) in [5, 5.41) is 0. The zero-order valence-corrected chi connectivity index (χ0v) is 33.5. The lowest BCUT2D eigenvalue weighted by molar-refractivity contribution is -0.0267. The highest BCUT2D eigenvalue weighted by Crippen LogP contribution is 2.12. The van der Waals surface area contributed by atoms with Crippen molar-refractivity contribution in [2.75, 3.05) is 139 Å². The van der Waals surface area contributed by atoms with E-state index in [4.69, 9.17) is 51.6 Å². The molecule has 1 aromatic rings. The lowest BCUT2D eigenvalue weighted by atomic mass is 10.1. The summed E-state index contributed by atoms with van der Waals surface area (Å²) in [7, 11) is -3.76. The molecule has 0 atom stereocenters. The monoisotopic (exact) mass is 780 g/mol. The SMILES string of the molecule is CCCCCCCCCCCCCOCCOCCOCCOCCOCCOCCOCCOCCOCCOCCOS(=O)(=O)c1ccccc1. The van der Waals surface area contributed by atoms with Gasteiger partial charge >= 0.3 is 0 Å². The van der Waals surface area contributed by atoms with Crippen molar-refractivity contribution in [1.82, 2.24) is 0 Å². The van der Waals surface area contributed by atoms with E-state index in [1.165, 1.54) is 76.3 Å². The van der Waals surface area contributed by atoms with Crippen LogP contribution in [-0.4, -0.2) is 147 Å². The van der Waals surface area contributed by atoms with Crippen LogP contribution in [0.4, 0.5) is 0 Å². The molecule has 0 aliphatic heterocycles. The van der Waals surface area contributed by atoms with Gasteiger partial charge in [0.05, 0.1) is 137 Å². The first kappa shape index (κ1) is 49.7. The summed E-state index contributed by atoms with van der Waals surface area (Å²) in [5.41, 5.74) is 0. The molecule has 0 spiro atoms. The maximum absolute atomic E-state index is 12.0. The van der Waals surface area contributed by atoms with Crippen molar-refractivity contribution in [3.05, 3.63) is 30.3 Å². The zero-order valence-electron chi connectivity index (χ0n) is 32.7. The third kappa shape index (κ3) is 36.1. The molecule has 0 aromatic heterocycles. The minimum absolute atomic E-state index is 0.0557. The largest absolute Gasteiger partial charge is 0.379 e. The summed E-state index contributed by atoms with van der Waals surface area (Å²) in [6.07, 6.45) is 14.8. The lowest BCUT2D eigenvalue weighted by Crippen LogP contribution is -2.15. The lowest BCUT2D eigenvalue weighted by Gasteiger charge is -2.09. The first-order valence-corrected chi connectivity index (χ1v) is 21.3. The molecule has 0 aliphatic carbocycles. The van der Waals surface area contributed by atoms with Gasteiger partial charge in [-0.3, -0.25) is 4.18 Å². The fraction of sp³-hybridized carbons (Fsp3) is 0.846. The summed E-state index contributed by atoms with van der Waals surface area (Å²) in [6, 6.07) is 8.00. The molecule has 1 aromatic carbocycles. The summed E-state index contributed by atoms with van der Waals surface area (Å²) < 4.78 is 83.8. The van der Waals surface area contributed by atoms with Gasteiger partial charge in [0.25, 0.3) is 10.1 Å². The van der Waals surface area contributed by atoms with Crippen LogP contribution < -0.4 is 0 Å². The van der Waals surface area contributed by atoms with Gasteiger partial charge < -0.3 is 47.4 Å². The second kappa shape index (κ2) is 40.4. The van der Waals surface area contributed by atoms with Crippen molar-refractivity contribution < 1.29 is 60.0 Å². The van der Waals surface area contributed by atoms with Crippen molar-refractivity contribution in [1.29, 1.82) is 0 Å². The van der Waals surface area contributed by atoms with Crippen molar-refractivity contribution in [3.8, 4) is 0 Å². The van der Waals surface area contributed by atoms with Crippen LogP contribution in [0.1, 0.15) is 77.6 Å². The van der Waals surface area contributed by atoms with Gasteiger partial charge in [0.2, 0.25) is 0 Å². The standard InChI is InChI=1S/C39H72O13S/c1-2-3-4-5-6-7-8-9-10-11-15-18-42-19-20-43-21-22-44-23-24-45-25-26-46-27-28-47-29-30-48-31-32-49-33-34-50-35-36-51-37-38-52-53(40,41)39-16-13-12-14-17-39/h12-14,16-17H,2-11,15,18-38H2,1H3. The van der Waals surface area contributed by atoms with E-state index in [1.54, 1.807) is 18.2 Å². The van der Waals surface area contributed by atoms with E-state index in [1.807, 2.05) is 0 Å². The van der Waals surface area contributed by atoms with Crippen LogP contribution >= 0.6 is 0 Å². The van der Waals surface area contributed by atoms with E-state index in [9.17, 15) is 8.42 Å². The molecule has 0 N–H and O–H groups in total. The molecule has 53 heavy (non-hydrogen) atoms. The van der Waals surface area contributed by atoms with Crippen LogP contribution in [0.25, 0.3) is 0 Å². The molecular weight excluding hydrogens is 708 g/mol. The average Bonchev–Trinajstić information content (AvgIpc) is 3.17. The van der Waals surface area contributed by atoms with E-state index >= 15 is 0 Å². The Kier molecular flexibility index (Phi) is 37.9. The third-order valence-corrected chi connectivity index (χ3v) is 9.06. The molecule has 0 radical (unpaired) electrons. The van der Waals surface area contributed by atoms with Gasteiger partial charge in [-0.25, -0.2) is 0 Å². The van der Waals surface area contributed by atoms with Gasteiger partial charge in [-0.15, -0.1) is 0 Å². The fourth-order valence-corrected chi connectivity index (χ4v) is 5.72. The predicted molar refractivity (Wildman–Crippen MR) is 204 cm³/mol. The van der Waals surface area contributed by atoms with Crippen molar-refractivity contribution >= 4 is 10.1 Å². The smallest absolute Gasteiger partial charge is 0.297 e. The minimum atomic E-state index is -3.76. The van der Waals surface area contributed by atoms with E-state index in [-0.39, 0.29) is 18.1 Å². The van der Waals surface area contributed by atoms with Gasteiger partial charge in [0, 0.05) is 6.61 Å². The number of rotatable bonds is 44. The van der Waals surface area contributed by atoms with E-state index in [0.717, 1.165) is 13.0 Å². The highest BCUT2D eigenvalue weighted by atomic mass is 32.2. The first-order valence-electron chi connectivity index (χ1n) is 19.9. The molecule has 0 unspecified atom stereocenters. The van der Waals surface area contributed by atoms with Gasteiger partial charge in [0.1, 0.15) is 0 Å². The fourth-order valence-electron chi connectivity index (χ4n) is 4.81. The molecule has 0 aliphatic rings. The molecule has 1 rings (SSSR count). The number of hydrogen-bond donors (Lipinski definition) is 0. The molecule has 0 saturated heterocycles. The second-order valence-electron chi connectivity index (χ2n) is 12.2. The van der Waals surface area contributed by atoms with Crippen LogP contribution in [0.15, 0.2) is 35.2 Å². The van der Waals surface area contributed by atoms with Gasteiger partial charge in [0.15, 0.2) is 0 Å². The molecular formula is C39H72O13S. The van der Waals surface area contributed by atoms with Crippen LogP contribution in [-0.2, 0) is 61.7 Å². The van der Waals surface area contributed by atoms with Crippen LogP contribution in [0.5, 0.6) is 0 Å². The number of ether oxygens (including phenoxy) is 10. The first-order chi connectivity index (χ1) is 26.2. The highest BCUT2D eigenvalue weighted by Gasteiger charge is 2.13. The zero-order chi connectivity index (χ0) is 38.0. The summed E-state index contributed by atoms with van der Waals surface area (Å²) in [5.74, 6) is 0. The van der Waals surface area contributed by atoms with E-state index < -0.39 is 10.1 Å². The predicted octanol–water partition coefficient (Wildman–Crippen LogP) is 5.87. The Bertz CT molecular complexity index is 956. The second-order valence-corrected chi connectivity index (χ2v) is 13.9. The Morgan fingerprint density at radius 2 is 0.604 bits per heavy atom. The summed E-state index contributed by atoms with van der Waals surface area (Å²) in [4.78, 5) is 0.123. The molecule has 0 amide bonds. The van der Waals surface area contributed by atoms with Crippen LogP contribution in [0.3, 0.4) is 0 Å². The molecule has 0 bridgehead atoms. The highest BCUT2D eigenvalue weighted by molar-refractivity contribution is 7.86. The Hall–Kier alpha value is -1.27. The van der Waals surface area contributed by atoms with E-state index in [2.05, 4.69) is 6.92 Å². The summed E-state index contributed by atoms with van der Waals surface area (Å²) >= 11 is 0. The third-order valence-electron chi connectivity index (χ3n) is 7.74. The van der Waals surface area contributed by atoms with Gasteiger partial charge in [-0.05, 0) is 18.6 Å². The molecule has 13 nitrogen and oxygen atoms in total. The molecule has 0 saturated carbocycles. The van der Waals surface area contributed by atoms with Crippen molar-refractivity contribution in [3.63, 3.8) is 0 Å². The van der Waals surface area contributed by atoms with Crippen molar-refractivity contribution in [2.24, 2.45) is 0 Å². The Morgan fingerprint density at radius 1 is 0.340 bits per heavy atom. The number of unbranched alkanes of at least 4 members (excludes halogenated alkanes) is 10. The number of hydrogen-bond acceptors (Lipinski definition) is 13. The maximum atomic E-state index is 12.0. The molecule has 0 fully saturated rings. The van der Waals surface area contributed by atoms with Gasteiger partial charge in [-0.1, -0.05) is 89.3 Å². The maximum Gasteiger partial charge on any atom is 0.297 e.